The zero-order chi connectivity index (χ0) is 29.8. The van der Waals surface area contributed by atoms with Gasteiger partial charge < -0.3 is 15.2 Å². The predicted molar refractivity (Wildman–Crippen MR) is 154 cm³/mol. The third kappa shape index (κ3) is 6.03. The van der Waals surface area contributed by atoms with E-state index < -0.39 is 17.4 Å². The molecule has 3 aromatic heterocycles. The van der Waals surface area contributed by atoms with Gasteiger partial charge in [-0.1, -0.05) is 18.2 Å². The third-order valence-corrected chi connectivity index (χ3v) is 6.69. The normalized spacial score (nSPS) is 11.7. The summed E-state index contributed by atoms with van der Waals surface area (Å²) < 4.78 is 14.9. The molecule has 3 heterocycles. The average molecular weight is 567 g/mol. The third-order valence-electron chi connectivity index (χ3n) is 6.69. The smallest absolute Gasteiger partial charge is 0.275 e. The Labute approximate surface area is 240 Å². The molecule has 2 N–H and O–H groups in total. The fourth-order valence-corrected chi connectivity index (χ4v) is 4.32. The summed E-state index contributed by atoms with van der Waals surface area (Å²) in [4.78, 5) is 45.0. The van der Waals surface area contributed by atoms with E-state index in [9.17, 15) is 18.8 Å². The number of tetrazole rings is 1. The van der Waals surface area contributed by atoms with Crippen LogP contribution in [0.2, 0.25) is 0 Å². The topological polar surface area (TPSA) is 137 Å². The summed E-state index contributed by atoms with van der Waals surface area (Å²) in [6.45, 7) is 1.73. The number of rotatable bonds is 9. The van der Waals surface area contributed by atoms with E-state index in [1.54, 1.807) is 45.4 Å². The van der Waals surface area contributed by atoms with Crippen LogP contribution >= 0.6 is 0 Å². The van der Waals surface area contributed by atoms with Crippen molar-refractivity contribution in [3.8, 4) is 22.6 Å². The number of hydrogen-bond donors (Lipinski definition) is 2. The molecule has 1 amide bonds. The lowest BCUT2D eigenvalue weighted by Gasteiger charge is -2.17. The zero-order valence-corrected chi connectivity index (χ0v) is 23.1. The minimum Gasteiger partial charge on any atom is -0.320 e. The standard InChI is InChI=1S/C30H27FN8O3/c1-18(32-2)29(41)34-25-11-12-26(21-5-4-6-22(14-21)28-35-37-38(3)36-28)39(30(25)42)17-19-13-23(16-33-15-19)27(40)20-7-9-24(31)10-8-20/h4-16,18,32H,17H2,1-3H3,(H,34,41)/t18-/m0/s1. The number of nitrogens with zero attached hydrogens (tertiary/aromatic N) is 6. The van der Waals surface area contributed by atoms with Gasteiger partial charge in [0.05, 0.1) is 25.3 Å². The molecular formula is C30H27FN8O3. The van der Waals surface area contributed by atoms with Crippen LogP contribution in [0.25, 0.3) is 22.6 Å². The van der Waals surface area contributed by atoms with Crippen LogP contribution < -0.4 is 16.2 Å². The van der Waals surface area contributed by atoms with E-state index in [0.29, 0.717) is 33.8 Å². The van der Waals surface area contributed by atoms with E-state index in [1.807, 2.05) is 24.3 Å². The van der Waals surface area contributed by atoms with Gasteiger partial charge in [0.2, 0.25) is 11.7 Å². The molecule has 212 valence electrons. The van der Waals surface area contributed by atoms with E-state index in [-0.39, 0.29) is 29.5 Å². The SMILES string of the molecule is CN[C@@H](C)C(=O)Nc1ccc(-c2cccc(-c3nnn(C)n3)c2)n(Cc2cncc(C(=O)c3ccc(F)cc3)c2)c1=O. The summed E-state index contributed by atoms with van der Waals surface area (Å²) in [5, 5.41) is 17.8. The van der Waals surface area contributed by atoms with Crippen molar-refractivity contribution in [1.82, 2.24) is 35.1 Å². The quantitative estimate of drug-likeness (QED) is 0.260. The van der Waals surface area contributed by atoms with Crippen LogP contribution in [0.4, 0.5) is 10.1 Å². The second-order valence-electron chi connectivity index (χ2n) is 9.62. The molecule has 0 aliphatic heterocycles. The largest absolute Gasteiger partial charge is 0.320 e. The van der Waals surface area contributed by atoms with Gasteiger partial charge in [0.15, 0.2) is 5.78 Å². The molecule has 11 nitrogen and oxygen atoms in total. The number of carbonyl (C=O) groups is 2. The summed E-state index contributed by atoms with van der Waals surface area (Å²) in [7, 11) is 3.32. The lowest BCUT2D eigenvalue weighted by Crippen LogP contribution is -2.37. The Morgan fingerprint density at radius 3 is 2.45 bits per heavy atom. The Morgan fingerprint density at radius 1 is 0.976 bits per heavy atom. The molecule has 0 aliphatic carbocycles. The Kier molecular flexibility index (Phi) is 8.07. The van der Waals surface area contributed by atoms with Gasteiger partial charge in [-0.05, 0) is 78.8 Å². The molecule has 0 radical (unpaired) electrons. The number of amides is 1. The number of anilines is 1. The Hall–Kier alpha value is -5.36. The minimum atomic E-state index is -0.521. The van der Waals surface area contributed by atoms with E-state index >= 15 is 0 Å². The van der Waals surface area contributed by atoms with Crippen molar-refractivity contribution in [2.75, 3.05) is 12.4 Å². The maximum Gasteiger partial charge on any atom is 0.275 e. The van der Waals surface area contributed by atoms with Crippen LogP contribution in [-0.2, 0) is 18.4 Å². The average Bonchev–Trinajstić information content (AvgIpc) is 3.45. The highest BCUT2D eigenvalue weighted by atomic mass is 19.1. The number of hydrogen-bond acceptors (Lipinski definition) is 8. The van der Waals surface area contributed by atoms with Crippen LogP contribution in [-0.4, -0.2) is 54.5 Å². The van der Waals surface area contributed by atoms with Crippen molar-refractivity contribution >= 4 is 17.4 Å². The molecule has 0 fully saturated rings. The summed E-state index contributed by atoms with van der Waals surface area (Å²) in [6.07, 6.45) is 2.98. The second-order valence-corrected chi connectivity index (χ2v) is 9.62. The van der Waals surface area contributed by atoms with E-state index in [2.05, 4.69) is 31.0 Å². The Bertz CT molecular complexity index is 1830. The van der Waals surface area contributed by atoms with Crippen molar-refractivity contribution in [3.05, 3.63) is 112 Å². The van der Waals surface area contributed by atoms with Crippen LogP contribution in [0.5, 0.6) is 0 Å². The molecule has 1 atom stereocenters. The molecule has 42 heavy (non-hydrogen) atoms. The first kappa shape index (κ1) is 28.2. The highest BCUT2D eigenvalue weighted by Crippen LogP contribution is 2.25. The molecule has 2 aromatic carbocycles. The van der Waals surface area contributed by atoms with Crippen molar-refractivity contribution in [1.29, 1.82) is 0 Å². The summed E-state index contributed by atoms with van der Waals surface area (Å²) in [5.41, 5.74) is 2.79. The molecule has 5 aromatic rings. The molecule has 0 bridgehead atoms. The van der Waals surface area contributed by atoms with E-state index in [4.69, 9.17) is 0 Å². The van der Waals surface area contributed by atoms with Crippen LogP contribution in [0, 0.1) is 5.82 Å². The second kappa shape index (κ2) is 12.0. The summed E-state index contributed by atoms with van der Waals surface area (Å²) in [5.74, 6) is -0.712. The van der Waals surface area contributed by atoms with Gasteiger partial charge in [-0.2, -0.15) is 4.80 Å². The zero-order valence-electron chi connectivity index (χ0n) is 23.1. The minimum absolute atomic E-state index is 0.0462. The van der Waals surface area contributed by atoms with E-state index in [0.717, 1.165) is 0 Å². The maximum absolute atomic E-state index is 13.8. The fraction of sp³-hybridized carbons (Fsp3) is 0.167. The van der Waals surface area contributed by atoms with Gasteiger partial charge in [0, 0.05) is 29.1 Å². The number of likely N-dealkylation sites (N-methyl/N-ethyl adjacent to an activating group) is 1. The van der Waals surface area contributed by atoms with Crippen LogP contribution in [0.1, 0.15) is 28.4 Å². The molecule has 0 unspecified atom stereocenters. The number of halogens is 1. The van der Waals surface area contributed by atoms with Crippen molar-refractivity contribution < 1.29 is 14.0 Å². The number of pyridine rings is 2. The van der Waals surface area contributed by atoms with Gasteiger partial charge in [-0.25, -0.2) is 4.39 Å². The molecule has 0 spiro atoms. The highest BCUT2D eigenvalue weighted by Gasteiger charge is 2.18. The predicted octanol–water partition coefficient (Wildman–Crippen LogP) is 3.07. The first-order valence-corrected chi connectivity index (χ1v) is 13.0. The molecular weight excluding hydrogens is 539 g/mol. The molecule has 12 heteroatoms. The first-order chi connectivity index (χ1) is 20.2. The molecule has 0 saturated heterocycles. The highest BCUT2D eigenvalue weighted by molar-refractivity contribution is 6.08. The lowest BCUT2D eigenvalue weighted by atomic mass is 10.0. The van der Waals surface area contributed by atoms with Crippen LogP contribution in [0.3, 0.4) is 0 Å². The number of aryl methyl sites for hydroxylation is 1. The number of aromatic nitrogens is 6. The van der Waals surface area contributed by atoms with Gasteiger partial charge in [0.25, 0.3) is 5.56 Å². The number of nitrogens with one attached hydrogen (secondary N) is 2. The Balaban J connectivity index is 1.56. The van der Waals surface area contributed by atoms with Gasteiger partial charge in [-0.15, -0.1) is 10.2 Å². The number of carbonyl (C=O) groups excluding carboxylic acids is 2. The monoisotopic (exact) mass is 566 g/mol. The van der Waals surface area contributed by atoms with Gasteiger partial charge in [0.1, 0.15) is 11.5 Å². The molecule has 5 rings (SSSR count). The summed E-state index contributed by atoms with van der Waals surface area (Å²) in [6, 6.07) is 17.0. The lowest BCUT2D eigenvalue weighted by molar-refractivity contribution is -0.117. The first-order valence-electron chi connectivity index (χ1n) is 13.0. The molecule has 0 saturated carbocycles. The van der Waals surface area contributed by atoms with E-state index in [1.165, 1.54) is 39.8 Å². The fourth-order valence-electron chi connectivity index (χ4n) is 4.32. The van der Waals surface area contributed by atoms with Crippen molar-refractivity contribution in [3.63, 3.8) is 0 Å². The van der Waals surface area contributed by atoms with Crippen molar-refractivity contribution in [2.24, 2.45) is 7.05 Å². The Morgan fingerprint density at radius 2 is 1.74 bits per heavy atom. The van der Waals surface area contributed by atoms with Crippen LogP contribution in [0.15, 0.2) is 83.9 Å². The number of ketones is 1. The van der Waals surface area contributed by atoms with Gasteiger partial charge in [-0.3, -0.25) is 19.4 Å². The summed E-state index contributed by atoms with van der Waals surface area (Å²) >= 11 is 0. The maximum atomic E-state index is 13.8. The van der Waals surface area contributed by atoms with Gasteiger partial charge >= 0.3 is 0 Å². The molecule has 0 aliphatic rings. The van der Waals surface area contributed by atoms with Crippen molar-refractivity contribution in [2.45, 2.75) is 19.5 Å². The number of benzene rings is 2.